The summed E-state index contributed by atoms with van der Waals surface area (Å²) in [6, 6.07) is -0.365. The Balaban J connectivity index is 1.39. The fourth-order valence-electron chi connectivity index (χ4n) is 6.02. The molecule has 2 N–H and O–H groups in total. The zero-order valence-corrected chi connectivity index (χ0v) is 18.6. The van der Waals surface area contributed by atoms with Gasteiger partial charge in [-0.25, -0.2) is 13.6 Å². The zero-order valence-electron chi connectivity index (χ0n) is 18.6. The number of nitrogens with one attached hydrogen (secondary N) is 2. The number of halogens is 2. The van der Waals surface area contributed by atoms with Gasteiger partial charge in [0.25, 0.3) is 5.91 Å². The van der Waals surface area contributed by atoms with Crippen molar-refractivity contribution in [2.75, 3.05) is 13.1 Å². The van der Waals surface area contributed by atoms with Gasteiger partial charge in [0.15, 0.2) is 0 Å². The summed E-state index contributed by atoms with van der Waals surface area (Å²) in [6.07, 6.45) is 5.45. The Morgan fingerprint density at radius 1 is 1.03 bits per heavy atom. The smallest absolute Gasteiger partial charge is 0.325 e. The molecule has 0 radical (unpaired) electrons. The molecular weight excluding hydrogens is 404 g/mol. The summed E-state index contributed by atoms with van der Waals surface area (Å²) in [5, 5.41) is 6.33. The number of amides is 3. The molecule has 2 aliphatic heterocycles. The van der Waals surface area contributed by atoms with Gasteiger partial charge in [0, 0.05) is 6.54 Å². The van der Waals surface area contributed by atoms with Gasteiger partial charge in [-0.3, -0.25) is 15.0 Å². The third kappa shape index (κ3) is 4.75. The van der Waals surface area contributed by atoms with Crippen molar-refractivity contribution in [3.63, 3.8) is 0 Å². The first-order valence-corrected chi connectivity index (χ1v) is 12.2. The molecule has 6 nitrogen and oxygen atoms in total. The first-order valence-electron chi connectivity index (χ1n) is 12.2. The van der Waals surface area contributed by atoms with Crippen LogP contribution in [-0.2, 0) is 9.53 Å². The molecule has 2 heterocycles. The van der Waals surface area contributed by atoms with Gasteiger partial charge in [0.1, 0.15) is 24.1 Å². The first-order chi connectivity index (χ1) is 14.9. The summed E-state index contributed by atoms with van der Waals surface area (Å²) < 4.78 is 33.3. The van der Waals surface area contributed by atoms with Crippen molar-refractivity contribution in [1.29, 1.82) is 0 Å². The van der Waals surface area contributed by atoms with Crippen molar-refractivity contribution in [2.45, 2.75) is 108 Å². The number of carbonyl (C=O) groups is 2. The molecule has 3 atom stereocenters. The van der Waals surface area contributed by atoms with Crippen LogP contribution in [0.25, 0.3) is 0 Å². The summed E-state index contributed by atoms with van der Waals surface area (Å²) in [7, 11) is 0. The molecule has 2 saturated carbocycles. The Kier molecular flexibility index (Phi) is 7.16. The van der Waals surface area contributed by atoms with Crippen LogP contribution in [0.2, 0.25) is 0 Å². The molecule has 4 rings (SSSR count). The molecule has 3 amide bonds. The lowest BCUT2D eigenvalue weighted by molar-refractivity contribution is -0.136. The summed E-state index contributed by atoms with van der Waals surface area (Å²) in [4.78, 5) is 27.7. The molecule has 31 heavy (non-hydrogen) atoms. The van der Waals surface area contributed by atoms with Crippen LogP contribution in [0.3, 0.4) is 0 Å². The number of unbranched alkanes of at least 4 members (excludes halogenated alkanes) is 1. The van der Waals surface area contributed by atoms with E-state index in [4.69, 9.17) is 4.74 Å². The largest absolute Gasteiger partial charge is 0.357 e. The minimum Gasteiger partial charge on any atom is -0.357 e. The van der Waals surface area contributed by atoms with E-state index in [9.17, 15) is 18.4 Å². The van der Waals surface area contributed by atoms with Crippen LogP contribution in [0.5, 0.6) is 0 Å². The highest BCUT2D eigenvalue weighted by molar-refractivity contribution is 6.07. The van der Waals surface area contributed by atoms with Gasteiger partial charge in [0.2, 0.25) is 0 Å². The van der Waals surface area contributed by atoms with E-state index in [0.717, 1.165) is 25.7 Å². The fourth-order valence-corrected chi connectivity index (χ4v) is 6.02. The van der Waals surface area contributed by atoms with Crippen molar-refractivity contribution >= 4 is 11.9 Å². The Labute approximate surface area is 183 Å². The normalized spacial score (nSPS) is 41.6. The predicted octanol–water partition coefficient (Wildman–Crippen LogP) is 3.84. The summed E-state index contributed by atoms with van der Waals surface area (Å²) in [6.45, 7) is 2.90. The van der Waals surface area contributed by atoms with Gasteiger partial charge < -0.3 is 10.1 Å². The monoisotopic (exact) mass is 441 g/mol. The van der Waals surface area contributed by atoms with Crippen molar-refractivity contribution in [2.24, 2.45) is 11.8 Å². The number of imide groups is 1. The lowest BCUT2D eigenvalue weighted by atomic mass is 9.71. The average molecular weight is 442 g/mol. The number of hydrogen-bond donors (Lipinski definition) is 2. The van der Waals surface area contributed by atoms with E-state index in [2.05, 4.69) is 17.6 Å². The lowest BCUT2D eigenvalue weighted by Crippen LogP contribution is -2.54. The maximum Gasteiger partial charge on any atom is 0.325 e. The van der Waals surface area contributed by atoms with E-state index < -0.39 is 24.1 Å². The Hall–Kier alpha value is -1.28. The number of alkyl halides is 2. The van der Waals surface area contributed by atoms with Crippen LogP contribution < -0.4 is 10.6 Å². The molecule has 0 aromatic rings. The predicted molar refractivity (Wildman–Crippen MR) is 113 cm³/mol. The summed E-state index contributed by atoms with van der Waals surface area (Å²) in [5.41, 5.74) is -0.912. The van der Waals surface area contributed by atoms with E-state index in [0.29, 0.717) is 57.4 Å². The van der Waals surface area contributed by atoms with Gasteiger partial charge in [-0.1, -0.05) is 19.8 Å². The molecule has 2 aliphatic carbocycles. The van der Waals surface area contributed by atoms with Gasteiger partial charge in [-0.05, 0) is 69.6 Å². The van der Waals surface area contributed by atoms with Crippen LogP contribution in [0, 0.1) is 11.8 Å². The number of carbonyl (C=O) groups excluding carboxylic acids is 2. The molecule has 4 fully saturated rings. The third-order valence-corrected chi connectivity index (χ3v) is 7.94. The molecule has 8 heteroatoms. The molecule has 0 aromatic heterocycles. The van der Waals surface area contributed by atoms with Crippen LogP contribution in [0.4, 0.5) is 13.6 Å². The van der Waals surface area contributed by atoms with Gasteiger partial charge in [-0.2, -0.15) is 0 Å². The molecule has 0 aromatic carbocycles. The van der Waals surface area contributed by atoms with Gasteiger partial charge >= 0.3 is 6.03 Å². The molecule has 176 valence electrons. The number of hydrogen-bond acceptors (Lipinski definition) is 4. The standard InChI is InChI=1S/C23H37F2N3O3/c1-2-3-12-23(16-6-10-18(25)11-7-16)21(29)28(22(30)27-23)14-20-26-13-19(31-20)15-4-8-17(24)9-5-15/h15-20,26H,2-14H2,1H3,(H,27,30). The molecule has 3 unspecified atom stereocenters. The van der Waals surface area contributed by atoms with Crippen LogP contribution in [-0.4, -0.2) is 60.1 Å². The Bertz CT molecular complexity index is 650. The number of urea groups is 1. The maximum absolute atomic E-state index is 13.7. The SMILES string of the molecule is CCCCC1(C2CCC(F)CC2)NC(=O)N(CC2NCC(C3CCC(F)CC3)O2)C1=O. The van der Waals surface area contributed by atoms with E-state index in [1.165, 1.54) is 4.90 Å². The minimum absolute atomic E-state index is 0.00273. The third-order valence-electron chi connectivity index (χ3n) is 7.94. The topological polar surface area (TPSA) is 70.7 Å². The minimum atomic E-state index is -0.912. The first kappa shape index (κ1) is 22.9. The number of nitrogens with zero attached hydrogens (tertiary/aromatic N) is 1. The second kappa shape index (κ2) is 9.69. The number of rotatable bonds is 7. The van der Waals surface area contributed by atoms with E-state index in [-0.39, 0.29) is 30.5 Å². The Morgan fingerprint density at radius 3 is 2.32 bits per heavy atom. The Morgan fingerprint density at radius 2 is 1.68 bits per heavy atom. The van der Waals surface area contributed by atoms with Crippen molar-refractivity contribution in [3.8, 4) is 0 Å². The van der Waals surface area contributed by atoms with E-state index in [1.807, 2.05) is 0 Å². The van der Waals surface area contributed by atoms with Crippen molar-refractivity contribution in [1.82, 2.24) is 15.5 Å². The van der Waals surface area contributed by atoms with Crippen molar-refractivity contribution in [3.05, 3.63) is 0 Å². The fraction of sp³-hybridized carbons (Fsp3) is 0.913. The molecular formula is C23H37F2N3O3. The van der Waals surface area contributed by atoms with Gasteiger partial charge in [0.05, 0.1) is 12.6 Å². The number of ether oxygens (including phenoxy) is 1. The van der Waals surface area contributed by atoms with Crippen molar-refractivity contribution < 1.29 is 23.1 Å². The maximum atomic E-state index is 13.7. The highest BCUT2D eigenvalue weighted by Gasteiger charge is 2.56. The highest BCUT2D eigenvalue weighted by atomic mass is 19.1. The second-order valence-corrected chi connectivity index (χ2v) is 9.95. The van der Waals surface area contributed by atoms with E-state index >= 15 is 0 Å². The van der Waals surface area contributed by atoms with Gasteiger partial charge in [-0.15, -0.1) is 0 Å². The van der Waals surface area contributed by atoms with Crippen LogP contribution in [0.1, 0.15) is 77.6 Å². The molecule has 4 aliphatic rings. The zero-order chi connectivity index (χ0) is 22.0. The quantitative estimate of drug-likeness (QED) is 0.589. The highest BCUT2D eigenvalue weighted by Crippen LogP contribution is 2.41. The second-order valence-electron chi connectivity index (χ2n) is 9.95. The molecule has 2 saturated heterocycles. The molecule has 0 spiro atoms. The van der Waals surface area contributed by atoms with Crippen LogP contribution >= 0.6 is 0 Å². The summed E-state index contributed by atoms with van der Waals surface area (Å²) >= 11 is 0. The average Bonchev–Trinajstić information content (AvgIpc) is 3.32. The molecule has 0 bridgehead atoms. The van der Waals surface area contributed by atoms with E-state index in [1.54, 1.807) is 0 Å². The van der Waals surface area contributed by atoms with Crippen LogP contribution in [0.15, 0.2) is 0 Å². The summed E-state index contributed by atoms with van der Waals surface area (Å²) in [5.74, 6) is 0.126. The lowest BCUT2D eigenvalue weighted by Gasteiger charge is -2.38.